The topological polar surface area (TPSA) is 92.4 Å². The molecule has 0 unspecified atom stereocenters. The Hall–Kier alpha value is -2.34. The number of carbonyl (C=O) groups is 2. The zero-order valence-corrected chi connectivity index (χ0v) is 14.1. The lowest BCUT2D eigenvalue weighted by Gasteiger charge is -2.06. The highest BCUT2D eigenvalue weighted by molar-refractivity contribution is 6.33. The molecule has 0 fully saturated rings. The van der Waals surface area contributed by atoms with Crippen LogP contribution in [-0.2, 0) is 4.79 Å². The Morgan fingerprint density at radius 2 is 2.00 bits per heavy atom. The van der Waals surface area contributed by atoms with E-state index in [1.807, 2.05) is 6.07 Å². The third-order valence-corrected chi connectivity index (χ3v) is 3.90. The Labute approximate surface area is 144 Å². The number of carboxylic acids is 1. The summed E-state index contributed by atoms with van der Waals surface area (Å²) >= 11 is 6.17. The zero-order chi connectivity index (χ0) is 17.5. The van der Waals surface area contributed by atoms with E-state index in [-0.39, 0.29) is 12.3 Å². The Morgan fingerprint density at radius 3 is 2.71 bits per heavy atom. The lowest BCUT2D eigenvalue weighted by Crippen LogP contribution is -2.25. The van der Waals surface area contributed by atoms with Crippen LogP contribution in [-0.4, -0.2) is 28.7 Å². The lowest BCUT2D eigenvalue weighted by atomic mass is 10.1. The summed E-state index contributed by atoms with van der Waals surface area (Å²) in [5.74, 6) is -0.654. The summed E-state index contributed by atoms with van der Waals surface area (Å²) in [6.45, 7) is 2.14. The fourth-order valence-electron chi connectivity index (χ4n) is 2.34. The van der Waals surface area contributed by atoms with Gasteiger partial charge in [-0.05, 0) is 25.8 Å². The number of amides is 1. The number of hydrogen-bond acceptors (Lipinski definition) is 4. The molecule has 0 radical (unpaired) electrons. The number of nitrogens with one attached hydrogen (secondary N) is 1. The molecule has 1 aromatic heterocycles. The number of aromatic nitrogens is 1. The summed E-state index contributed by atoms with van der Waals surface area (Å²) in [5, 5.41) is 15.8. The van der Waals surface area contributed by atoms with Crippen molar-refractivity contribution in [2.24, 2.45) is 0 Å². The van der Waals surface area contributed by atoms with E-state index < -0.39 is 5.97 Å². The van der Waals surface area contributed by atoms with Gasteiger partial charge in [0.25, 0.3) is 5.91 Å². The highest BCUT2D eigenvalue weighted by Gasteiger charge is 2.22. The summed E-state index contributed by atoms with van der Waals surface area (Å²) in [5.41, 5.74) is 1.43. The molecule has 24 heavy (non-hydrogen) atoms. The number of unbranched alkanes of at least 4 members (excludes halogenated alkanes) is 2. The smallest absolute Gasteiger partial charge is 0.303 e. The minimum Gasteiger partial charge on any atom is -0.481 e. The maximum Gasteiger partial charge on any atom is 0.303 e. The first-order valence-corrected chi connectivity index (χ1v) is 8.09. The maximum atomic E-state index is 12.4. The van der Waals surface area contributed by atoms with Crippen LogP contribution in [0, 0.1) is 6.92 Å². The summed E-state index contributed by atoms with van der Waals surface area (Å²) in [4.78, 5) is 22.9. The lowest BCUT2D eigenvalue weighted by molar-refractivity contribution is -0.137. The van der Waals surface area contributed by atoms with Crippen LogP contribution in [0.2, 0.25) is 5.02 Å². The van der Waals surface area contributed by atoms with Crippen molar-refractivity contribution in [3.05, 3.63) is 40.6 Å². The third kappa shape index (κ3) is 4.58. The summed E-state index contributed by atoms with van der Waals surface area (Å²) in [6, 6.07) is 7.12. The molecule has 2 N–H and O–H groups in total. The molecule has 0 aliphatic carbocycles. The maximum absolute atomic E-state index is 12.4. The van der Waals surface area contributed by atoms with E-state index >= 15 is 0 Å². The fraction of sp³-hybridized carbons (Fsp3) is 0.353. The minimum absolute atomic E-state index is 0.148. The fourth-order valence-corrected chi connectivity index (χ4v) is 2.57. The first-order chi connectivity index (χ1) is 11.5. The van der Waals surface area contributed by atoms with Gasteiger partial charge in [-0.25, -0.2) is 0 Å². The molecule has 6 nitrogen and oxygen atoms in total. The molecule has 0 saturated carbocycles. The van der Waals surface area contributed by atoms with Crippen LogP contribution in [0.3, 0.4) is 0 Å². The molecule has 0 aliphatic rings. The van der Waals surface area contributed by atoms with Crippen molar-refractivity contribution in [1.82, 2.24) is 10.5 Å². The van der Waals surface area contributed by atoms with Gasteiger partial charge in [-0.15, -0.1) is 0 Å². The van der Waals surface area contributed by atoms with Crippen LogP contribution < -0.4 is 5.32 Å². The largest absolute Gasteiger partial charge is 0.481 e. The minimum atomic E-state index is -0.802. The van der Waals surface area contributed by atoms with Gasteiger partial charge in [0.1, 0.15) is 17.0 Å². The molecule has 2 rings (SSSR count). The highest BCUT2D eigenvalue weighted by Crippen LogP contribution is 2.30. The van der Waals surface area contributed by atoms with E-state index in [1.54, 1.807) is 25.1 Å². The number of hydrogen-bond donors (Lipinski definition) is 2. The number of benzene rings is 1. The van der Waals surface area contributed by atoms with Crippen LogP contribution in [0.5, 0.6) is 0 Å². The highest BCUT2D eigenvalue weighted by atomic mass is 35.5. The Morgan fingerprint density at radius 1 is 1.25 bits per heavy atom. The van der Waals surface area contributed by atoms with Crippen molar-refractivity contribution in [2.45, 2.75) is 32.6 Å². The van der Waals surface area contributed by atoms with Gasteiger partial charge < -0.3 is 14.9 Å². The molecule has 128 valence electrons. The second-order valence-corrected chi connectivity index (χ2v) is 5.81. The number of rotatable bonds is 8. The molecule has 1 heterocycles. The van der Waals surface area contributed by atoms with Crippen molar-refractivity contribution < 1.29 is 19.2 Å². The Balaban J connectivity index is 1.99. The predicted octanol–water partition coefficient (Wildman–Crippen LogP) is 3.68. The van der Waals surface area contributed by atoms with Crippen LogP contribution in [0.15, 0.2) is 28.8 Å². The molecule has 2 aromatic rings. The SMILES string of the molecule is Cc1onc(-c2ccccc2Cl)c1C(=O)NCCCCCC(=O)O. The predicted molar refractivity (Wildman–Crippen MR) is 90.1 cm³/mol. The molecule has 1 amide bonds. The van der Waals surface area contributed by atoms with E-state index in [1.165, 1.54) is 0 Å². The first kappa shape index (κ1) is 18.0. The monoisotopic (exact) mass is 350 g/mol. The quantitative estimate of drug-likeness (QED) is 0.708. The van der Waals surface area contributed by atoms with Gasteiger partial charge in [-0.3, -0.25) is 9.59 Å². The number of aryl methyl sites for hydroxylation is 1. The number of aliphatic carboxylic acids is 1. The summed E-state index contributed by atoms with van der Waals surface area (Å²) in [6.07, 6.45) is 2.20. The van der Waals surface area contributed by atoms with Gasteiger partial charge in [-0.2, -0.15) is 0 Å². The van der Waals surface area contributed by atoms with Gasteiger partial charge >= 0.3 is 5.97 Å². The van der Waals surface area contributed by atoms with Crippen molar-refractivity contribution in [3.63, 3.8) is 0 Å². The Kier molecular flexibility index (Phi) is 6.37. The van der Waals surface area contributed by atoms with E-state index in [2.05, 4.69) is 10.5 Å². The number of carboxylic acid groups (broad SMARTS) is 1. The van der Waals surface area contributed by atoms with Crippen LogP contribution in [0.1, 0.15) is 41.8 Å². The number of halogens is 1. The van der Waals surface area contributed by atoms with E-state index in [0.717, 1.165) is 6.42 Å². The molecule has 0 spiro atoms. The van der Waals surface area contributed by atoms with Crippen LogP contribution >= 0.6 is 11.6 Å². The van der Waals surface area contributed by atoms with Crippen molar-refractivity contribution in [3.8, 4) is 11.3 Å². The van der Waals surface area contributed by atoms with Gasteiger partial charge in [-0.1, -0.05) is 41.4 Å². The number of nitrogens with zero attached hydrogens (tertiary/aromatic N) is 1. The molecule has 7 heteroatoms. The normalized spacial score (nSPS) is 10.6. The molecule has 1 aromatic carbocycles. The molecular weight excluding hydrogens is 332 g/mol. The van der Waals surface area contributed by atoms with Crippen molar-refractivity contribution in [2.75, 3.05) is 6.54 Å². The van der Waals surface area contributed by atoms with E-state index in [0.29, 0.717) is 47.0 Å². The van der Waals surface area contributed by atoms with Crippen LogP contribution in [0.4, 0.5) is 0 Å². The second-order valence-electron chi connectivity index (χ2n) is 5.40. The molecular formula is C17H19ClN2O4. The average molecular weight is 351 g/mol. The van der Waals surface area contributed by atoms with Gasteiger partial charge in [0.15, 0.2) is 0 Å². The molecule has 0 saturated heterocycles. The molecule has 0 aliphatic heterocycles. The number of carbonyl (C=O) groups excluding carboxylic acids is 1. The summed E-state index contributed by atoms with van der Waals surface area (Å²) in [7, 11) is 0. The first-order valence-electron chi connectivity index (χ1n) is 7.72. The Bertz CT molecular complexity index is 727. The van der Waals surface area contributed by atoms with Gasteiger partial charge in [0.05, 0.1) is 5.02 Å². The average Bonchev–Trinajstić information content (AvgIpc) is 2.92. The second kappa shape index (κ2) is 8.49. The van der Waals surface area contributed by atoms with Crippen LogP contribution in [0.25, 0.3) is 11.3 Å². The zero-order valence-electron chi connectivity index (χ0n) is 13.3. The third-order valence-electron chi connectivity index (χ3n) is 3.57. The van der Waals surface area contributed by atoms with Crippen molar-refractivity contribution >= 4 is 23.5 Å². The standard InChI is InChI=1S/C17H19ClN2O4/c1-11-15(17(23)19-10-6-2-3-9-14(21)22)16(20-24-11)12-7-4-5-8-13(12)18/h4-5,7-8H,2-3,6,9-10H2,1H3,(H,19,23)(H,21,22). The van der Waals surface area contributed by atoms with Gasteiger partial charge in [0.2, 0.25) is 0 Å². The molecule has 0 atom stereocenters. The van der Waals surface area contributed by atoms with Crippen molar-refractivity contribution in [1.29, 1.82) is 0 Å². The van der Waals surface area contributed by atoms with E-state index in [9.17, 15) is 9.59 Å². The summed E-state index contributed by atoms with van der Waals surface area (Å²) < 4.78 is 5.16. The van der Waals surface area contributed by atoms with E-state index in [4.69, 9.17) is 21.2 Å². The molecule has 0 bridgehead atoms. The van der Waals surface area contributed by atoms with Gasteiger partial charge in [0, 0.05) is 18.5 Å².